The van der Waals surface area contributed by atoms with Crippen LogP contribution in [0.3, 0.4) is 0 Å². The molecule has 2 aromatic rings. The lowest BCUT2D eigenvalue weighted by Crippen LogP contribution is -2.16. The van der Waals surface area contributed by atoms with Crippen LogP contribution in [0.25, 0.3) is 0 Å². The van der Waals surface area contributed by atoms with Gasteiger partial charge < -0.3 is 0 Å². The van der Waals surface area contributed by atoms with Gasteiger partial charge in [-0.15, -0.1) is 11.3 Å². The van der Waals surface area contributed by atoms with Crippen molar-refractivity contribution in [2.24, 2.45) is 5.10 Å². The lowest BCUT2D eigenvalue weighted by atomic mass is 10.1. The highest BCUT2D eigenvalue weighted by Crippen LogP contribution is 2.30. The predicted molar refractivity (Wildman–Crippen MR) is 82.8 cm³/mol. The molecule has 1 aliphatic carbocycles. The van der Waals surface area contributed by atoms with Gasteiger partial charge in [-0.05, 0) is 48.6 Å². The van der Waals surface area contributed by atoms with Gasteiger partial charge in [0.1, 0.15) is 0 Å². The monoisotopic (exact) mass is 338 g/mol. The minimum atomic E-state index is -4.36. The number of nitrogens with zero attached hydrogens (tertiary/aromatic N) is 1. The molecule has 0 bridgehead atoms. The molecular weight excluding hydrogens is 325 g/mol. The minimum Gasteiger partial charge on any atom is -0.266 e. The fourth-order valence-corrected chi connectivity index (χ4v) is 3.56. The third kappa shape index (κ3) is 3.61. The van der Waals surface area contributed by atoms with E-state index in [9.17, 15) is 18.0 Å². The molecule has 3 nitrogen and oxygen atoms in total. The molecule has 3 rings (SSSR count). The van der Waals surface area contributed by atoms with Crippen LogP contribution in [0.15, 0.2) is 35.4 Å². The Morgan fingerprint density at radius 2 is 1.96 bits per heavy atom. The van der Waals surface area contributed by atoms with Crippen molar-refractivity contribution < 1.29 is 18.0 Å². The van der Waals surface area contributed by atoms with E-state index in [2.05, 4.69) is 10.5 Å². The maximum absolute atomic E-state index is 12.4. The maximum atomic E-state index is 12.4. The number of fused-ring (bicyclic) bond motifs is 1. The number of carbonyl (C=O) groups is 1. The molecule has 0 unspecified atom stereocenters. The van der Waals surface area contributed by atoms with Crippen LogP contribution in [0.2, 0.25) is 0 Å². The molecule has 7 heteroatoms. The van der Waals surface area contributed by atoms with Crippen molar-refractivity contribution >= 4 is 23.5 Å². The fraction of sp³-hybridized carbons (Fsp3) is 0.250. The van der Waals surface area contributed by atoms with E-state index in [4.69, 9.17) is 0 Å². The summed E-state index contributed by atoms with van der Waals surface area (Å²) in [6, 6.07) is 6.45. The number of nitrogens with one attached hydrogen (secondary N) is 1. The Kier molecular flexibility index (Phi) is 4.21. The van der Waals surface area contributed by atoms with Crippen LogP contribution in [0.5, 0.6) is 0 Å². The average molecular weight is 338 g/mol. The molecule has 120 valence electrons. The summed E-state index contributed by atoms with van der Waals surface area (Å²) < 4.78 is 37.3. The van der Waals surface area contributed by atoms with Crippen LogP contribution in [0.4, 0.5) is 13.2 Å². The highest BCUT2D eigenvalue weighted by Gasteiger charge is 2.29. The number of alkyl halides is 3. The van der Waals surface area contributed by atoms with Crippen molar-refractivity contribution in [1.82, 2.24) is 5.43 Å². The Bertz CT molecular complexity index is 726. The smallest absolute Gasteiger partial charge is 0.266 e. The summed E-state index contributed by atoms with van der Waals surface area (Å²) in [7, 11) is 0. The van der Waals surface area contributed by atoms with Crippen molar-refractivity contribution in [3.8, 4) is 0 Å². The van der Waals surface area contributed by atoms with Gasteiger partial charge in [-0.2, -0.15) is 18.3 Å². The van der Waals surface area contributed by atoms with Gasteiger partial charge in [-0.1, -0.05) is 12.1 Å². The number of rotatable bonds is 3. The summed E-state index contributed by atoms with van der Waals surface area (Å²) in [6.07, 6.45) is 0.119. The maximum Gasteiger partial charge on any atom is 0.416 e. The summed E-state index contributed by atoms with van der Waals surface area (Å²) in [5, 5.41) is 3.79. The number of hydrogen-bond acceptors (Lipinski definition) is 3. The Labute approximate surface area is 134 Å². The molecule has 1 amide bonds. The van der Waals surface area contributed by atoms with Crippen LogP contribution in [-0.4, -0.2) is 12.1 Å². The number of benzene rings is 1. The average Bonchev–Trinajstić information content (AvgIpc) is 3.08. The SMILES string of the molecule is O=C(N/N=C\c1ccc(C(F)(F)F)cc1)c1cc2c(s1)CCC2. The highest BCUT2D eigenvalue weighted by atomic mass is 32.1. The van der Waals surface area contributed by atoms with E-state index in [1.807, 2.05) is 6.07 Å². The van der Waals surface area contributed by atoms with Crippen LogP contribution in [0.1, 0.15) is 37.7 Å². The molecule has 0 saturated heterocycles. The van der Waals surface area contributed by atoms with E-state index in [-0.39, 0.29) is 5.91 Å². The van der Waals surface area contributed by atoms with Crippen molar-refractivity contribution in [1.29, 1.82) is 0 Å². The molecular formula is C16H13F3N2OS. The first-order valence-electron chi connectivity index (χ1n) is 7.06. The Morgan fingerprint density at radius 1 is 1.22 bits per heavy atom. The molecule has 23 heavy (non-hydrogen) atoms. The number of halogens is 3. The van der Waals surface area contributed by atoms with Gasteiger partial charge in [-0.25, -0.2) is 5.43 Å². The van der Waals surface area contributed by atoms with E-state index < -0.39 is 11.7 Å². The van der Waals surface area contributed by atoms with Crippen molar-refractivity contribution in [3.05, 3.63) is 56.8 Å². The van der Waals surface area contributed by atoms with Crippen molar-refractivity contribution in [2.45, 2.75) is 25.4 Å². The number of hydrogen-bond donors (Lipinski definition) is 1. The van der Waals surface area contributed by atoms with Gasteiger partial charge in [0.05, 0.1) is 16.7 Å². The normalized spacial score (nSPS) is 14.2. The zero-order valence-electron chi connectivity index (χ0n) is 12.0. The summed E-state index contributed by atoms with van der Waals surface area (Å²) >= 11 is 1.47. The lowest BCUT2D eigenvalue weighted by molar-refractivity contribution is -0.137. The molecule has 0 saturated carbocycles. The Hall–Kier alpha value is -2.15. The molecule has 0 radical (unpaired) electrons. The van der Waals surface area contributed by atoms with Crippen LogP contribution in [-0.2, 0) is 19.0 Å². The molecule has 1 N–H and O–H groups in total. The summed E-state index contributed by atoms with van der Waals surface area (Å²) in [4.78, 5) is 13.8. The zero-order valence-corrected chi connectivity index (χ0v) is 12.8. The van der Waals surface area contributed by atoms with Gasteiger partial charge in [-0.3, -0.25) is 4.79 Å². The van der Waals surface area contributed by atoms with Gasteiger partial charge >= 0.3 is 6.18 Å². The Morgan fingerprint density at radius 3 is 2.61 bits per heavy atom. The van der Waals surface area contributed by atoms with Gasteiger partial charge in [0, 0.05) is 4.88 Å². The second-order valence-corrected chi connectivity index (χ2v) is 6.37. The minimum absolute atomic E-state index is 0.299. The quantitative estimate of drug-likeness (QED) is 0.666. The third-order valence-electron chi connectivity index (χ3n) is 3.59. The third-order valence-corrected chi connectivity index (χ3v) is 4.82. The standard InChI is InChI=1S/C16H13F3N2OS/c17-16(18,19)12-6-4-10(5-7-12)9-20-21-15(22)14-8-11-2-1-3-13(11)23-14/h4-9H,1-3H2,(H,21,22)/b20-9-. The van der Waals surface area contributed by atoms with Crippen LogP contribution < -0.4 is 5.43 Å². The molecule has 0 fully saturated rings. The first kappa shape index (κ1) is 15.7. The van der Waals surface area contributed by atoms with Crippen molar-refractivity contribution in [2.75, 3.05) is 0 Å². The van der Waals surface area contributed by atoms with E-state index in [0.717, 1.165) is 31.4 Å². The van der Waals surface area contributed by atoms with Crippen LogP contribution in [0, 0.1) is 0 Å². The van der Waals surface area contributed by atoms with E-state index in [0.29, 0.717) is 10.4 Å². The summed E-state index contributed by atoms with van der Waals surface area (Å²) in [6.45, 7) is 0. The largest absolute Gasteiger partial charge is 0.416 e. The van der Waals surface area contributed by atoms with E-state index in [1.165, 1.54) is 40.1 Å². The molecule has 0 aliphatic heterocycles. The summed E-state index contributed by atoms with van der Waals surface area (Å²) in [5.41, 5.74) is 3.39. The van der Waals surface area contributed by atoms with Gasteiger partial charge in [0.2, 0.25) is 0 Å². The Balaban J connectivity index is 1.60. The fourth-order valence-electron chi connectivity index (χ4n) is 2.42. The molecule has 0 spiro atoms. The molecule has 0 atom stereocenters. The van der Waals surface area contributed by atoms with E-state index in [1.54, 1.807) is 0 Å². The molecule has 1 aromatic heterocycles. The van der Waals surface area contributed by atoms with Crippen LogP contribution >= 0.6 is 11.3 Å². The zero-order chi connectivity index (χ0) is 16.4. The first-order valence-corrected chi connectivity index (χ1v) is 7.87. The molecule has 1 heterocycles. The van der Waals surface area contributed by atoms with Gasteiger partial charge in [0.25, 0.3) is 5.91 Å². The highest BCUT2D eigenvalue weighted by molar-refractivity contribution is 7.14. The molecule has 1 aromatic carbocycles. The number of amides is 1. The lowest BCUT2D eigenvalue weighted by Gasteiger charge is -2.05. The van der Waals surface area contributed by atoms with Gasteiger partial charge in [0.15, 0.2) is 0 Å². The summed E-state index contributed by atoms with van der Waals surface area (Å²) in [5.74, 6) is -0.299. The van der Waals surface area contributed by atoms with Crippen molar-refractivity contribution in [3.63, 3.8) is 0 Å². The first-order chi connectivity index (χ1) is 10.9. The number of hydrazone groups is 1. The number of thiophene rings is 1. The molecule has 1 aliphatic rings. The second kappa shape index (κ2) is 6.16. The number of aryl methyl sites for hydroxylation is 2. The predicted octanol–water partition coefficient (Wildman–Crippen LogP) is 4.02. The number of carbonyl (C=O) groups excluding carboxylic acids is 1. The topological polar surface area (TPSA) is 41.5 Å². The van der Waals surface area contributed by atoms with E-state index >= 15 is 0 Å². The second-order valence-electron chi connectivity index (χ2n) is 5.23.